The first-order chi connectivity index (χ1) is 11.0. The summed E-state index contributed by atoms with van der Waals surface area (Å²) in [5, 5.41) is 12.5. The summed E-state index contributed by atoms with van der Waals surface area (Å²) in [5.74, 6) is -0.215. The molecule has 1 heterocycles. The van der Waals surface area contributed by atoms with Gasteiger partial charge in [0.15, 0.2) is 17.5 Å². The van der Waals surface area contributed by atoms with Gasteiger partial charge in [-0.1, -0.05) is 6.07 Å². The van der Waals surface area contributed by atoms with Crippen LogP contribution >= 0.6 is 24.0 Å². The van der Waals surface area contributed by atoms with E-state index in [0.717, 1.165) is 19.0 Å². The van der Waals surface area contributed by atoms with Crippen LogP contribution in [0.15, 0.2) is 41.5 Å². The van der Waals surface area contributed by atoms with E-state index in [2.05, 4.69) is 20.9 Å². The molecule has 24 heavy (non-hydrogen) atoms. The van der Waals surface area contributed by atoms with Gasteiger partial charge in [-0.25, -0.2) is 9.38 Å². The maximum Gasteiger partial charge on any atom is 0.194 e. The average Bonchev–Trinajstić information content (AvgIpc) is 2.92. The van der Waals surface area contributed by atoms with Gasteiger partial charge in [-0.15, -0.1) is 24.0 Å². The van der Waals surface area contributed by atoms with Gasteiger partial charge in [0.1, 0.15) is 0 Å². The molecule has 0 spiro atoms. The van der Waals surface area contributed by atoms with Crippen molar-refractivity contribution in [1.82, 2.24) is 14.8 Å². The molecule has 1 aromatic carbocycles. The summed E-state index contributed by atoms with van der Waals surface area (Å²) < 4.78 is 15.4. The number of aromatic hydroxyl groups is 1. The SMILES string of the molecule is CCNC(=NCc1ccc(O)c(F)c1)N(C)Cc1cccn1C.I. The van der Waals surface area contributed by atoms with Crippen molar-refractivity contribution in [1.29, 1.82) is 0 Å². The molecule has 5 nitrogen and oxygen atoms in total. The smallest absolute Gasteiger partial charge is 0.194 e. The molecule has 0 aliphatic heterocycles. The average molecular weight is 446 g/mol. The molecule has 7 heteroatoms. The van der Waals surface area contributed by atoms with E-state index in [0.29, 0.717) is 12.1 Å². The highest BCUT2D eigenvalue weighted by Crippen LogP contribution is 2.16. The third-order valence-corrected chi connectivity index (χ3v) is 3.57. The predicted molar refractivity (Wildman–Crippen MR) is 105 cm³/mol. The van der Waals surface area contributed by atoms with E-state index in [1.54, 1.807) is 6.07 Å². The Labute approximate surface area is 159 Å². The quantitative estimate of drug-likeness (QED) is 0.422. The molecule has 2 rings (SSSR count). The van der Waals surface area contributed by atoms with Crippen LogP contribution in [0.1, 0.15) is 18.2 Å². The van der Waals surface area contributed by atoms with E-state index in [9.17, 15) is 9.50 Å². The van der Waals surface area contributed by atoms with Crippen molar-refractivity contribution in [2.75, 3.05) is 13.6 Å². The Kier molecular flexibility index (Phi) is 8.03. The van der Waals surface area contributed by atoms with Crippen molar-refractivity contribution in [3.05, 3.63) is 53.6 Å². The molecule has 0 aliphatic carbocycles. The summed E-state index contributed by atoms with van der Waals surface area (Å²) in [6.07, 6.45) is 2.01. The topological polar surface area (TPSA) is 52.8 Å². The van der Waals surface area contributed by atoms with Crippen molar-refractivity contribution in [2.45, 2.75) is 20.0 Å². The maximum absolute atomic E-state index is 13.4. The van der Waals surface area contributed by atoms with Gasteiger partial charge in [-0.2, -0.15) is 0 Å². The lowest BCUT2D eigenvalue weighted by molar-refractivity contribution is 0.431. The van der Waals surface area contributed by atoms with Crippen LogP contribution in [0.3, 0.4) is 0 Å². The Morgan fingerprint density at radius 1 is 1.38 bits per heavy atom. The lowest BCUT2D eigenvalue weighted by Gasteiger charge is -2.22. The molecule has 2 N–H and O–H groups in total. The monoisotopic (exact) mass is 446 g/mol. The van der Waals surface area contributed by atoms with Crippen LogP contribution in [0.2, 0.25) is 0 Å². The first-order valence-corrected chi connectivity index (χ1v) is 7.58. The minimum Gasteiger partial charge on any atom is -0.505 e. The Morgan fingerprint density at radius 2 is 2.12 bits per heavy atom. The van der Waals surface area contributed by atoms with Crippen molar-refractivity contribution < 1.29 is 9.50 Å². The fourth-order valence-electron chi connectivity index (χ4n) is 2.26. The minimum atomic E-state index is -0.625. The highest BCUT2D eigenvalue weighted by Gasteiger charge is 2.08. The first-order valence-electron chi connectivity index (χ1n) is 7.58. The molecule has 0 fully saturated rings. The zero-order valence-electron chi connectivity index (χ0n) is 14.2. The van der Waals surface area contributed by atoms with E-state index in [4.69, 9.17) is 0 Å². The van der Waals surface area contributed by atoms with Gasteiger partial charge in [0.2, 0.25) is 0 Å². The van der Waals surface area contributed by atoms with E-state index in [1.807, 2.05) is 38.2 Å². The molecule has 0 radical (unpaired) electrons. The third kappa shape index (κ3) is 5.40. The van der Waals surface area contributed by atoms with Gasteiger partial charge in [0, 0.05) is 32.5 Å². The second kappa shape index (κ2) is 9.51. The number of phenols is 1. The van der Waals surface area contributed by atoms with Crippen LogP contribution in [0.5, 0.6) is 5.75 Å². The molecule has 1 aromatic heterocycles. The summed E-state index contributed by atoms with van der Waals surface area (Å²) in [6.45, 7) is 3.82. The molecule has 2 aromatic rings. The second-order valence-corrected chi connectivity index (χ2v) is 5.42. The fourth-order valence-corrected chi connectivity index (χ4v) is 2.26. The third-order valence-electron chi connectivity index (χ3n) is 3.57. The van der Waals surface area contributed by atoms with Crippen molar-refractivity contribution >= 4 is 29.9 Å². The van der Waals surface area contributed by atoms with Crippen LogP contribution < -0.4 is 5.32 Å². The summed E-state index contributed by atoms with van der Waals surface area (Å²) in [4.78, 5) is 6.56. The second-order valence-electron chi connectivity index (χ2n) is 5.42. The standard InChI is InChI=1S/C17H23FN4O.HI/c1-4-19-17(22(3)12-14-6-5-9-21(14)2)20-11-13-7-8-16(23)15(18)10-13;/h5-10,23H,4,11-12H2,1-3H3,(H,19,20);1H. The molecule has 0 atom stereocenters. The number of hydrogen-bond acceptors (Lipinski definition) is 2. The summed E-state index contributed by atoms with van der Waals surface area (Å²) in [7, 11) is 3.97. The number of halogens is 2. The number of benzene rings is 1. The first kappa shape index (κ1) is 20.3. The van der Waals surface area contributed by atoms with Crippen LogP contribution in [0, 0.1) is 5.82 Å². The maximum atomic E-state index is 13.4. The molecule has 0 amide bonds. The van der Waals surface area contributed by atoms with E-state index in [1.165, 1.54) is 17.8 Å². The lowest BCUT2D eigenvalue weighted by Crippen LogP contribution is -2.38. The predicted octanol–water partition coefficient (Wildman–Crippen LogP) is 3.09. The molecular formula is C17H24FIN4O. The molecule has 0 aliphatic rings. The van der Waals surface area contributed by atoms with Gasteiger partial charge in [-0.05, 0) is 36.8 Å². The van der Waals surface area contributed by atoms with E-state index >= 15 is 0 Å². The van der Waals surface area contributed by atoms with Crippen LogP contribution in [0.25, 0.3) is 0 Å². The molecule has 0 bridgehead atoms. The van der Waals surface area contributed by atoms with Gasteiger partial charge < -0.3 is 19.9 Å². The molecule has 132 valence electrons. The Morgan fingerprint density at radius 3 is 2.71 bits per heavy atom. The Hall–Kier alpha value is -1.77. The Bertz CT molecular complexity index is 687. The van der Waals surface area contributed by atoms with Gasteiger partial charge in [0.05, 0.1) is 13.1 Å². The van der Waals surface area contributed by atoms with Crippen molar-refractivity contribution in [3.8, 4) is 5.75 Å². The van der Waals surface area contributed by atoms with Crippen LogP contribution in [-0.4, -0.2) is 34.1 Å². The zero-order valence-corrected chi connectivity index (χ0v) is 16.5. The number of aliphatic imine (C=N–C) groups is 1. The molecule has 0 unspecified atom stereocenters. The number of nitrogens with one attached hydrogen (secondary N) is 1. The molecule has 0 saturated carbocycles. The van der Waals surface area contributed by atoms with Crippen LogP contribution in [-0.2, 0) is 20.1 Å². The summed E-state index contributed by atoms with van der Waals surface area (Å²) in [5.41, 5.74) is 1.89. The zero-order chi connectivity index (χ0) is 16.8. The Balaban J connectivity index is 0.00000288. The highest BCUT2D eigenvalue weighted by molar-refractivity contribution is 14.0. The largest absolute Gasteiger partial charge is 0.505 e. The number of rotatable bonds is 5. The number of aryl methyl sites for hydroxylation is 1. The van der Waals surface area contributed by atoms with Gasteiger partial charge in [-0.3, -0.25) is 0 Å². The number of phenolic OH excluding ortho intramolecular Hbond substituents is 1. The summed E-state index contributed by atoms with van der Waals surface area (Å²) >= 11 is 0. The van der Waals surface area contributed by atoms with Crippen molar-refractivity contribution in [2.24, 2.45) is 12.0 Å². The highest BCUT2D eigenvalue weighted by atomic mass is 127. The van der Waals surface area contributed by atoms with Gasteiger partial charge >= 0.3 is 0 Å². The normalized spacial score (nSPS) is 11.1. The molecule has 0 saturated heterocycles. The van der Waals surface area contributed by atoms with Crippen molar-refractivity contribution in [3.63, 3.8) is 0 Å². The number of aromatic nitrogens is 1. The number of hydrogen-bond donors (Lipinski definition) is 2. The number of guanidine groups is 1. The lowest BCUT2D eigenvalue weighted by atomic mass is 10.2. The van der Waals surface area contributed by atoms with Crippen LogP contribution in [0.4, 0.5) is 4.39 Å². The van der Waals surface area contributed by atoms with E-state index in [-0.39, 0.29) is 29.7 Å². The fraction of sp³-hybridized carbons (Fsp3) is 0.353. The van der Waals surface area contributed by atoms with Gasteiger partial charge in [0.25, 0.3) is 0 Å². The summed E-state index contributed by atoms with van der Waals surface area (Å²) in [6, 6.07) is 8.39. The molecular weight excluding hydrogens is 422 g/mol. The number of nitrogens with zero attached hydrogens (tertiary/aromatic N) is 3. The minimum absolute atomic E-state index is 0. The van der Waals surface area contributed by atoms with E-state index < -0.39 is 5.82 Å².